The molecule has 3 heterocycles. The summed E-state index contributed by atoms with van der Waals surface area (Å²) < 4.78 is 41.2. The van der Waals surface area contributed by atoms with Crippen molar-refractivity contribution >= 4 is 28.7 Å². The fourth-order valence-electron chi connectivity index (χ4n) is 4.76. The Kier molecular flexibility index (Phi) is 6.64. The van der Waals surface area contributed by atoms with E-state index in [1.54, 1.807) is 16.3 Å². The molecule has 39 heavy (non-hydrogen) atoms. The summed E-state index contributed by atoms with van der Waals surface area (Å²) in [4.78, 5) is 28.2. The van der Waals surface area contributed by atoms with Gasteiger partial charge in [0.15, 0.2) is 5.16 Å². The second-order valence-corrected chi connectivity index (χ2v) is 10.4. The van der Waals surface area contributed by atoms with Gasteiger partial charge in [-0.2, -0.15) is 13.2 Å². The zero-order valence-corrected chi connectivity index (χ0v) is 21.6. The maximum absolute atomic E-state index is 13.9. The normalized spacial score (nSPS) is 13.6. The molecule has 2 aromatic heterocycles. The molecular formula is C29H24F3N5OS. The third-order valence-corrected chi connectivity index (χ3v) is 7.71. The molecule has 6 nitrogen and oxygen atoms in total. The van der Waals surface area contributed by atoms with E-state index in [1.807, 2.05) is 53.4 Å². The first-order valence-electron chi connectivity index (χ1n) is 12.6. The lowest BCUT2D eigenvalue weighted by Gasteiger charge is -2.28. The van der Waals surface area contributed by atoms with Crippen LogP contribution in [-0.2, 0) is 25.6 Å². The number of alkyl halides is 3. The molecule has 0 spiro atoms. The topological polar surface area (TPSA) is 66.8 Å². The van der Waals surface area contributed by atoms with Gasteiger partial charge >= 0.3 is 6.18 Å². The van der Waals surface area contributed by atoms with Crippen LogP contribution in [0.2, 0.25) is 0 Å². The zero-order chi connectivity index (χ0) is 27.0. The highest BCUT2D eigenvalue weighted by Crippen LogP contribution is 2.32. The van der Waals surface area contributed by atoms with Crippen LogP contribution in [-0.4, -0.2) is 31.8 Å². The van der Waals surface area contributed by atoms with Crippen LogP contribution >= 0.6 is 11.8 Å². The van der Waals surface area contributed by atoms with Gasteiger partial charge < -0.3 is 9.88 Å². The summed E-state index contributed by atoms with van der Waals surface area (Å²) in [5.74, 6) is 1.20. The van der Waals surface area contributed by atoms with E-state index >= 15 is 0 Å². The van der Waals surface area contributed by atoms with Gasteiger partial charge in [0, 0.05) is 18.7 Å². The molecule has 5 aromatic rings. The SMILES string of the molecule is O=c1c2c(nc(SCCc3ccccc3)n1-c1ccccc1)CCN(c1nc3ccc(C(F)(F)F)cc3[nH]1)C2. The van der Waals surface area contributed by atoms with E-state index in [4.69, 9.17) is 4.98 Å². The molecule has 1 aliphatic rings. The van der Waals surface area contributed by atoms with E-state index in [9.17, 15) is 18.0 Å². The Hall–Kier alpha value is -4.05. The van der Waals surface area contributed by atoms with E-state index in [0.717, 1.165) is 35.7 Å². The van der Waals surface area contributed by atoms with Gasteiger partial charge in [-0.25, -0.2) is 9.97 Å². The Balaban J connectivity index is 1.32. The Morgan fingerprint density at radius 3 is 2.44 bits per heavy atom. The number of imidazole rings is 1. The number of nitrogens with one attached hydrogen (secondary N) is 1. The Morgan fingerprint density at radius 2 is 1.69 bits per heavy atom. The van der Waals surface area contributed by atoms with Crippen molar-refractivity contribution < 1.29 is 13.2 Å². The van der Waals surface area contributed by atoms with Crippen LogP contribution in [0.4, 0.5) is 19.1 Å². The average Bonchev–Trinajstić information content (AvgIpc) is 3.37. The Bertz CT molecular complexity index is 1680. The van der Waals surface area contributed by atoms with Crippen molar-refractivity contribution in [2.75, 3.05) is 17.2 Å². The molecule has 198 valence electrons. The number of rotatable bonds is 6. The summed E-state index contributed by atoms with van der Waals surface area (Å²) in [6, 6.07) is 23.1. The van der Waals surface area contributed by atoms with E-state index in [0.29, 0.717) is 40.7 Å². The van der Waals surface area contributed by atoms with Gasteiger partial charge in [-0.15, -0.1) is 0 Å². The van der Waals surface area contributed by atoms with Gasteiger partial charge in [0.1, 0.15) is 0 Å². The minimum Gasteiger partial charge on any atom is -0.337 e. The molecule has 1 N–H and O–H groups in total. The Morgan fingerprint density at radius 1 is 0.949 bits per heavy atom. The molecule has 1 aliphatic heterocycles. The highest BCUT2D eigenvalue weighted by molar-refractivity contribution is 7.99. The van der Waals surface area contributed by atoms with Crippen LogP contribution in [0.25, 0.3) is 16.7 Å². The van der Waals surface area contributed by atoms with Crippen molar-refractivity contribution in [1.29, 1.82) is 0 Å². The number of H-pyrrole nitrogens is 1. The number of fused-ring (bicyclic) bond motifs is 2. The second-order valence-electron chi connectivity index (χ2n) is 9.34. The minimum absolute atomic E-state index is 0.145. The lowest BCUT2D eigenvalue weighted by Crippen LogP contribution is -2.38. The van der Waals surface area contributed by atoms with Gasteiger partial charge in [-0.3, -0.25) is 9.36 Å². The third-order valence-electron chi connectivity index (χ3n) is 6.77. The van der Waals surface area contributed by atoms with E-state index in [2.05, 4.69) is 22.1 Å². The predicted octanol–water partition coefficient (Wildman–Crippen LogP) is 6.03. The van der Waals surface area contributed by atoms with Gasteiger partial charge in [-0.05, 0) is 42.3 Å². The molecule has 6 rings (SSSR count). The lowest BCUT2D eigenvalue weighted by molar-refractivity contribution is -0.137. The second kappa shape index (κ2) is 10.3. The van der Waals surface area contributed by atoms with Crippen molar-refractivity contribution in [1.82, 2.24) is 19.5 Å². The van der Waals surface area contributed by atoms with Crippen LogP contribution < -0.4 is 10.5 Å². The van der Waals surface area contributed by atoms with E-state index in [-0.39, 0.29) is 12.1 Å². The molecule has 0 aliphatic carbocycles. The number of para-hydroxylation sites is 1. The number of halogens is 3. The maximum Gasteiger partial charge on any atom is 0.416 e. The third kappa shape index (κ3) is 5.16. The van der Waals surface area contributed by atoms with Crippen molar-refractivity contribution in [3.63, 3.8) is 0 Å². The number of hydrogen-bond acceptors (Lipinski definition) is 5. The van der Waals surface area contributed by atoms with Crippen molar-refractivity contribution in [3.8, 4) is 5.69 Å². The standard InChI is InChI=1S/C29H24F3N5OS/c30-29(31,32)20-11-12-24-25(17-20)34-27(33-24)36-15-13-23-22(18-36)26(38)37(21-9-5-2-6-10-21)28(35-23)39-16-14-19-7-3-1-4-8-19/h1-12,17H,13-16,18H2,(H,33,34). The molecule has 0 saturated heterocycles. The summed E-state index contributed by atoms with van der Waals surface area (Å²) in [5, 5.41) is 0.651. The predicted molar refractivity (Wildman–Crippen MR) is 147 cm³/mol. The number of anilines is 1. The smallest absolute Gasteiger partial charge is 0.337 e. The zero-order valence-electron chi connectivity index (χ0n) is 20.8. The molecule has 0 unspecified atom stereocenters. The first kappa shape index (κ1) is 25.2. The number of aromatic amines is 1. The van der Waals surface area contributed by atoms with Gasteiger partial charge in [0.05, 0.1) is 40.1 Å². The van der Waals surface area contributed by atoms with Crippen molar-refractivity contribution in [2.24, 2.45) is 0 Å². The quantitative estimate of drug-likeness (QED) is 0.208. The van der Waals surface area contributed by atoms with Crippen molar-refractivity contribution in [3.05, 3.63) is 112 Å². The molecular weight excluding hydrogens is 523 g/mol. The number of hydrogen-bond donors (Lipinski definition) is 1. The summed E-state index contributed by atoms with van der Waals surface area (Å²) in [6.07, 6.45) is -3.06. The van der Waals surface area contributed by atoms with Crippen LogP contribution in [0.3, 0.4) is 0 Å². The molecule has 10 heteroatoms. The highest BCUT2D eigenvalue weighted by atomic mass is 32.2. The maximum atomic E-state index is 13.9. The molecule has 0 bridgehead atoms. The highest BCUT2D eigenvalue weighted by Gasteiger charge is 2.31. The van der Waals surface area contributed by atoms with Crippen LogP contribution in [0, 0.1) is 0 Å². The van der Waals surface area contributed by atoms with Gasteiger partial charge in [0.2, 0.25) is 5.95 Å². The summed E-state index contributed by atoms with van der Waals surface area (Å²) >= 11 is 1.55. The number of thioether (sulfide) groups is 1. The van der Waals surface area contributed by atoms with Crippen LogP contribution in [0.1, 0.15) is 22.4 Å². The number of benzene rings is 3. The minimum atomic E-state index is -4.44. The number of nitrogens with zero attached hydrogens (tertiary/aromatic N) is 4. The van der Waals surface area contributed by atoms with Crippen LogP contribution in [0.5, 0.6) is 0 Å². The molecule has 0 amide bonds. The largest absolute Gasteiger partial charge is 0.416 e. The monoisotopic (exact) mass is 547 g/mol. The first-order chi connectivity index (χ1) is 18.9. The van der Waals surface area contributed by atoms with E-state index in [1.165, 1.54) is 11.6 Å². The molecule has 0 radical (unpaired) electrons. The van der Waals surface area contributed by atoms with E-state index < -0.39 is 11.7 Å². The van der Waals surface area contributed by atoms with Crippen LogP contribution in [0.15, 0.2) is 88.8 Å². The van der Waals surface area contributed by atoms with Gasteiger partial charge in [0.25, 0.3) is 5.56 Å². The molecule has 3 aromatic carbocycles. The lowest BCUT2D eigenvalue weighted by atomic mass is 10.1. The number of aromatic nitrogens is 4. The first-order valence-corrected chi connectivity index (χ1v) is 13.5. The Labute approximate surface area is 226 Å². The molecule has 0 atom stereocenters. The average molecular weight is 548 g/mol. The summed E-state index contributed by atoms with van der Waals surface area (Å²) in [7, 11) is 0. The summed E-state index contributed by atoms with van der Waals surface area (Å²) in [6.45, 7) is 0.795. The molecule has 0 saturated carbocycles. The number of aryl methyl sites for hydroxylation is 1. The fraction of sp³-hybridized carbons (Fsp3) is 0.207. The van der Waals surface area contributed by atoms with Gasteiger partial charge in [-0.1, -0.05) is 60.3 Å². The fourth-order valence-corrected chi connectivity index (χ4v) is 5.78. The summed E-state index contributed by atoms with van der Waals surface area (Å²) in [5.41, 5.74) is 3.13. The molecule has 0 fully saturated rings. The van der Waals surface area contributed by atoms with Crippen molar-refractivity contribution in [2.45, 2.75) is 30.7 Å².